The lowest BCUT2D eigenvalue weighted by Crippen LogP contribution is -2.11. The Balaban J connectivity index is 2.16. The molecule has 1 heterocycles. The van der Waals surface area contributed by atoms with Crippen LogP contribution in [0, 0.1) is 0 Å². The van der Waals surface area contributed by atoms with Gasteiger partial charge in [-0.3, -0.25) is 4.79 Å². The fraction of sp³-hybridized carbons (Fsp3) is 0.150. The first kappa shape index (κ1) is 14.3. The molecule has 110 valence electrons. The number of nitrogens with zero attached hydrogens (tertiary/aromatic N) is 1. The monoisotopic (exact) mass is 289 g/mol. The summed E-state index contributed by atoms with van der Waals surface area (Å²) in [5, 5.41) is 0. The second-order valence-electron chi connectivity index (χ2n) is 5.50. The molecule has 1 aromatic heterocycles. The minimum absolute atomic E-state index is 0.0774. The van der Waals surface area contributed by atoms with E-state index in [-0.39, 0.29) is 5.43 Å². The van der Waals surface area contributed by atoms with E-state index in [4.69, 9.17) is 0 Å². The molecule has 0 aliphatic heterocycles. The number of pyridine rings is 1. The lowest BCUT2D eigenvalue weighted by Gasteiger charge is -2.09. The molecule has 0 radical (unpaired) electrons. The van der Waals surface area contributed by atoms with Crippen LogP contribution in [-0.4, -0.2) is 4.57 Å². The first-order valence-corrected chi connectivity index (χ1v) is 7.54. The Hall–Kier alpha value is -2.61. The highest BCUT2D eigenvalue weighted by molar-refractivity contribution is 5.71. The lowest BCUT2D eigenvalue weighted by atomic mass is 10.00. The van der Waals surface area contributed by atoms with Gasteiger partial charge >= 0.3 is 0 Å². The molecular formula is C20H19NO. The Morgan fingerprint density at radius 1 is 0.818 bits per heavy atom. The van der Waals surface area contributed by atoms with E-state index in [1.807, 2.05) is 66.5 Å². The van der Waals surface area contributed by atoms with Gasteiger partial charge in [0.05, 0.1) is 0 Å². The standard InChI is InChI=1S/C20H19NO/c1-3-15-9-11-17(12-10-15)19-14-21(2)13-18(20(19)22)16-7-5-4-6-8-16/h4-14H,3H2,1-2H3. The Labute approximate surface area is 130 Å². The third-order valence-electron chi connectivity index (χ3n) is 3.91. The summed E-state index contributed by atoms with van der Waals surface area (Å²) in [6, 6.07) is 18.1. The van der Waals surface area contributed by atoms with E-state index < -0.39 is 0 Å². The third-order valence-corrected chi connectivity index (χ3v) is 3.91. The molecule has 0 unspecified atom stereocenters. The number of hydrogen-bond donors (Lipinski definition) is 0. The molecule has 3 rings (SSSR count). The SMILES string of the molecule is CCc1ccc(-c2cn(C)cc(-c3ccccc3)c2=O)cc1. The van der Waals surface area contributed by atoms with E-state index in [9.17, 15) is 4.79 Å². The van der Waals surface area contributed by atoms with Crippen LogP contribution < -0.4 is 5.43 Å². The van der Waals surface area contributed by atoms with Crippen LogP contribution in [0.2, 0.25) is 0 Å². The largest absolute Gasteiger partial charge is 0.356 e. The van der Waals surface area contributed by atoms with E-state index in [0.717, 1.165) is 28.7 Å². The van der Waals surface area contributed by atoms with Crippen molar-refractivity contribution in [2.24, 2.45) is 7.05 Å². The molecule has 0 amide bonds. The van der Waals surface area contributed by atoms with Gasteiger partial charge in [0.15, 0.2) is 5.43 Å². The third kappa shape index (κ3) is 2.73. The maximum Gasteiger partial charge on any atom is 0.197 e. The summed E-state index contributed by atoms with van der Waals surface area (Å²) in [7, 11) is 1.95. The summed E-state index contributed by atoms with van der Waals surface area (Å²) in [6.07, 6.45) is 4.79. The summed E-state index contributed by atoms with van der Waals surface area (Å²) in [4.78, 5) is 12.9. The minimum atomic E-state index is 0.0774. The van der Waals surface area contributed by atoms with Gasteiger partial charge < -0.3 is 4.57 Å². The maximum atomic E-state index is 12.9. The van der Waals surface area contributed by atoms with Crippen molar-refractivity contribution < 1.29 is 0 Å². The van der Waals surface area contributed by atoms with Crippen molar-refractivity contribution >= 4 is 0 Å². The summed E-state index contributed by atoms with van der Waals surface area (Å²) in [5.41, 5.74) is 4.76. The number of aryl methyl sites for hydroxylation is 2. The van der Waals surface area contributed by atoms with Crippen LogP contribution in [-0.2, 0) is 13.5 Å². The molecule has 0 fully saturated rings. The molecule has 22 heavy (non-hydrogen) atoms. The molecule has 0 saturated heterocycles. The van der Waals surface area contributed by atoms with Gasteiger partial charge in [-0.1, -0.05) is 61.5 Å². The van der Waals surface area contributed by atoms with E-state index in [1.54, 1.807) is 0 Å². The van der Waals surface area contributed by atoms with Gasteiger partial charge in [-0.25, -0.2) is 0 Å². The zero-order valence-corrected chi connectivity index (χ0v) is 12.9. The second-order valence-corrected chi connectivity index (χ2v) is 5.50. The molecule has 0 saturated carbocycles. The molecule has 3 aromatic rings. The number of benzene rings is 2. The zero-order chi connectivity index (χ0) is 15.5. The van der Waals surface area contributed by atoms with Crippen molar-refractivity contribution in [3.05, 3.63) is 82.8 Å². The molecule has 0 aliphatic rings. The van der Waals surface area contributed by atoms with Gasteiger partial charge in [0, 0.05) is 30.6 Å². The molecular weight excluding hydrogens is 270 g/mol. The van der Waals surface area contributed by atoms with Gasteiger partial charge in [0.1, 0.15) is 0 Å². The van der Waals surface area contributed by atoms with Crippen molar-refractivity contribution in [1.82, 2.24) is 4.57 Å². The molecule has 2 nitrogen and oxygen atoms in total. The van der Waals surface area contributed by atoms with Crippen LogP contribution in [0.4, 0.5) is 0 Å². The minimum Gasteiger partial charge on any atom is -0.356 e. The average Bonchev–Trinajstić information content (AvgIpc) is 2.57. The van der Waals surface area contributed by atoms with E-state index in [2.05, 4.69) is 19.1 Å². The lowest BCUT2D eigenvalue weighted by molar-refractivity contribution is 0.904. The summed E-state index contributed by atoms with van der Waals surface area (Å²) in [5.74, 6) is 0. The normalized spacial score (nSPS) is 10.6. The fourth-order valence-corrected chi connectivity index (χ4v) is 2.66. The van der Waals surface area contributed by atoms with Gasteiger partial charge in [-0.2, -0.15) is 0 Å². The van der Waals surface area contributed by atoms with Gasteiger partial charge in [0.25, 0.3) is 0 Å². The highest BCUT2D eigenvalue weighted by Crippen LogP contribution is 2.21. The summed E-state index contributed by atoms with van der Waals surface area (Å²) >= 11 is 0. The predicted molar refractivity (Wildman–Crippen MR) is 91.9 cm³/mol. The molecule has 0 bridgehead atoms. The average molecular weight is 289 g/mol. The van der Waals surface area contributed by atoms with Crippen LogP contribution in [0.25, 0.3) is 22.3 Å². The van der Waals surface area contributed by atoms with Gasteiger partial charge in [0.2, 0.25) is 0 Å². The summed E-state index contributed by atoms with van der Waals surface area (Å²) in [6.45, 7) is 2.13. The van der Waals surface area contributed by atoms with Gasteiger partial charge in [-0.05, 0) is 23.1 Å². The Morgan fingerprint density at radius 3 is 1.91 bits per heavy atom. The van der Waals surface area contributed by atoms with Crippen LogP contribution in [0.1, 0.15) is 12.5 Å². The predicted octanol–water partition coefficient (Wildman–Crippen LogP) is 4.28. The number of aromatic nitrogens is 1. The highest BCUT2D eigenvalue weighted by Gasteiger charge is 2.10. The quantitative estimate of drug-likeness (QED) is 0.705. The second kappa shape index (κ2) is 6.02. The van der Waals surface area contributed by atoms with Crippen molar-refractivity contribution in [2.75, 3.05) is 0 Å². The topological polar surface area (TPSA) is 22.0 Å². The smallest absolute Gasteiger partial charge is 0.197 e. The molecule has 0 atom stereocenters. The van der Waals surface area contributed by atoms with Crippen LogP contribution in [0.5, 0.6) is 0 Å². The number of rotatable bonds is 3. The Morgan fingerprint density at radius 2 is 1.36 bits per heavy atom. The zero-order valence-electron chi connectivity index (χ0n) is 12.9. The van der Waals surface area contributed by atoms with Crippen LogP contribution >= 0.6 is 0 Å². The van der Waals surface area contributed by atoms with Crippen molar-refractivity contribution in [3.63, 3.8) is 0 Å². The van der Waals surface area contributed by atoms with Gasteiger partial charge in [-0.15, -0.1) is 0 Å². The maximum absolute atomic E-state index is 12.9. The molecule has 0 aliphatic carbocycles. The molecule has 2 heteroatoms. The van der Waals surface area contributed by atoms with E-state index >= 15 is 0 Å². The first-order valence-electron chi connectivity index (χ1n) is 7.54. The van der Waals surface area contributed by atoms with Crippen LogP contribution in [0.3, 0.4) is 0 Å². The van der Waals surface area contributed by atoms with Crippen molar-refractivity contribution in [3.8, 4) is 22.3 Å². The van der Waals surface area contributed by atoms with Crippen molar-refractivity contribution in [2.45, 2.75) is 13.3 Å². The van der Waals surface area contributed by atoms with Crippen molar-refractivity contribution in [1.29, 1.82) is 0 Å². The fourth-order valence-electron chi connectivity index (χ4n) is 2.66. The summed E-state index contributed by atoms with van der Waals surface area (Å²) < 4.78 is 1.95. The molecule has 0 N–H and O–H groups in total. The Kier molecular flexibility index (Phi) is 3.92. The number of hydrogen-bond acceptors (Lipinski definition) is 1. The first-order chi connectivity index (χ1) is 10.7. The molecule has 0 spiro atoms. The van der Waals surface area contributed by atoms with E-state index in [1.165, 1.54) is 5.56 Å². The van der Waals surface area contributed by atoms with E-state index in [0.29, 0.717) is 0 Å². The van der Waals surface area contributed by atoms with Crippen LogP contribution in [0.15, 0.2) is 71.8 Å². The Bertz CT molecular complexity index is 830. The highest BCUT2D eigenvalue weighted by atomic mass is 16.1. The molecule has 2 aromatic carbocycles.